The number of anilines is 1. The van der Waals surface area contributed by atoms with Gasteiger partial charge in [0, 0.05) is 25.2 Å². The Labute approximate surface area is 144 Å². The Balaban J connectivity index is 1.68. The minimum Gasteiger partial charge on any atom is -0.497 e. The lowest BCUT2D eigenvalue weighted by molar-refractivity contribution is -0.116. The van der Waals surface area contributed by atoms with Crippen molar-refractivity contribution in [1.82, 2.24) is 4.31 Å². The molecule has 1 fully saturated rings. The second-order valence-corrected chi connectivity index (χ2v) is 8.10. The third-order valence-corrected chi connectivity index (χ3v) is 6.09. The van der Waals surface area contributed by atoms with Gasteiger partial charge in [0.1, 0.15) is 5.75 Å². The number of nitrogens with zero attached hydrogens (tertiary/aromatic N) is 1. The Morgan fingerprint density at radius 3 is 2.42 bits per heavy atom. The predicted octanol–water partition coefficient (Wildman–Crippen LogP) is 2.62. The summed E-state index contributed by atoms with van der Waals surface area (Å²) >= 11 is 0. The maximum Gasteiger partial charge on any atom is 0.224 e. The number of nitrogens with one attached hydrogen (secondary N) is 1. The van der Waals surface area contributed by atoms with Crippen LogP contribution in [0.15, 0.2) is 24.3 Å². The molecule has 1 saturated heterocycles. The van der Waals surface area contributed by atoms with Crippen molar-refractivity contribution < 1.29 is 17.9 Å². The van der Waals surface area contributed by atoms with E-state index >= 15 is 0 Å². The molecule has 0 radical (unpaired) electrons. The van der Waals surface area contributed by atoms with Gasteiger partial charge in [0.15, 0.2) is 0 Å². The number of methoxy groups -OCH3 is 1. The molecule has 0 spiro atoms. The molecular formula is C17H26N2O4S. The van der Waals surface area contributed by atoms with E-state index in [4.69, 9.17) is 4.74 Å². The first-order chi connectivity index (χ1) is 11.5. The van der Waals surface area contributed by atoms with Crippen LogP contribution in [0, 0.1) is 0 Å². The highest BCUT2D eigenvalue weighted by Gasteiger charge is 2.23. The van der Waals surface area contributed by atoms with E-state index in [2.05, 4.69) is 5.32 Å². The lowest BCUT2D eigenvalue weighted by Gasteiger charge is -2.25. The average Bonchev–Trinajstić information content (AvgIpc) is 2.60. The van der Waals surface area contributed by atoms with Gasteiger partial charge >= 0.3 is 0 Å². The van der Waals surface area contributed by atoms with E-state index in [1.54, 1.807) is 35.7 Å². The fourth-order valence-corrected chi connectivity index (χ4v) is 4.38. The second-order valence-electron chi connectivity index (χ2n) is 6.01. The highest BCUT2D eigenvalue weighted by molar-refractivity contribution is 7.89. The molecule has 24 heavy (non-hydrogen) atoms. The molecule has 0 saturated carbocycles. The van der Waals surface area contributed by atoms with Gasteiger partial charge < -0.3 is 10.1 Å². The van der Waals surface area contributed by atoms with Crippen molar-refractivity contribution in [3.05, 3.63) is 24.3 Å². The SMILES string of the molecule is COc1ccc(NC(=O)CCCCS(=O)(=O)N2CCCCC2)cc1. The lowest BCUT2D eigenvalue weighted by Crippen LogP contribution is -2.37. The predicted molar refractivity (Wildman–Crippen MR) is 94.7 cm³/mol. The zero-order chi connectivity index (χ0) is 17.4. The molecule has 1 aliphatic heterocycles. The Morgan fingerprint density at radius 2 is 1.79 bits per heavy atom. The van der Waals surface area contributed by atoms with Crippen LogP contribution in [0.3, 0.4) is 0 Å². The molecule has 1 heterocycles. The molecule has 0 aliphatic carbocycles. The number of sulfonamides is 1. The van der Waals surface area contributed by atoms with E-state index in [9.17, 15) is 13.2 Å². The molecule has 2 rings (SSSR count). The largest absolute Gasteiger partial charge is 0.497 e. The molecular weight excluding hydrogens is 328 g/mol. The molecule has 1 N–H and O–H groups in total. The lowest BCUT2D eigenvalue weighted by atomic mass is 10.2. The maximum absolute atomic E-state index is 12.2. The minimum absolute atomic E-state index is 0.101. The zero-order valence-corrected chi connectivity index (χ0v) is 15.0. The van der Waals surface area contributed by atoms with Gasteiger partial charge in [-0.05, 0) is 49.9 Å². The van der Waals surface area contributed by atoms with E-state index in [0.717, 1.165) is 25.0 Å². The van der Waals surface area contributed by atoms with Crippen LogP contribution in [0.5, 0.6) is 5.75 Å². The first-order valence-electron chi connectivity index (χ1n) is 8.43. The summed E-state index contributed by atoms with van der Waals surface area (Å²) in [4.78, 5) is 11.9. The summed E-state index contributed by atoms with van der Waals surface area (Å²) < 4.78 is 31.0. The number of carbonyl (C=O) groups is 1. The van der Waals surface area contributed by atoms with Crippen molar-refractivity contribution in [1.29, 1.82) is 0 Å². The summed E-state index contributed by atoms with van der Waals surface area (Å²) in [6.45, 7) is 1.28. The van der Waals surface area contributed by atoms with Crippen molar-refractivity contribution >= 4 is 21.6 Å². The summed E-state index contributed by atoms with van der Waals surface area (Å²) in [5.41, 5.74) is 0.710. The number of carbonyl (C=O) groups excluding carboxylic acids is 1. The number of ether oxygens (including phenoxy) is 1. The van der Waals surface area contributed by atoms with Crippen LogP contribution >= 0.6 is 0 Å². The highest BCUT2D eigenvalue weighted by Crippen LogP contribution is 2.16. The molecule has 1 aromatic carbocycles. The number of rotatable bonds is 8. The molecule has 1 aromatic rings. The summed E-state index contributed by atoms with van der Waals surface area (Å²) in [6, 6.07) is 7.11. The molecule has 7 heteroatoms. The van der Waals surface area contributed by atoms with Gasteiger partial charge in [-0.25, -0.2) is 12.7 Å². The van der Waals surface area contributed by atoms with Crippen LogP contribution in [-0.4, -0.2) is 44.6 Å². The quantitative estimate of drug-likeness (QED) is 0.728. The van der Waals surface area contributed by atoms with Crippen LogP contribution in [-0.2, 0) is 14.8 Å². The Kier molecular flexibility index (Phi) is 7.05. The summed E-state index contributed by atoms with van der Waals surface area (Å²) in [6.07, 6.45) is 4.40. The topological polar surface area (TPSA) is 75.7 Å². The average molecular weight is 354 g/mol. The van der Waals surface area contributed by atoms with Gasteiger partial charge in [-0.2, -0.15) is 0 Å². The molecule has 0 unspecified atom stereocenters. The van der Waals surface area contributed by atoms with Gasteiger partial charge in [0.05, 0.1) is 12.9 Å². The first-order valence-corrected chi connectivity index (χ1v) is 10.0. The van der Waals surface area contributed by atoms with Crippen LogP contribution in [0.25, 0.3) is 0 Å². The second kappa shape index (κ2) is 9.03. The fraction of sp³-hybridized carbons (Fsp3) is 0.588. The normalized spacial score (nSPS) is 15.9. The smallest absolute Gasteiger partial charge is 0.224 e. The van der Waals surface area contributed by atoms with Gasteiger partial charge in [0.25, 0.3) is 0 Å². The number of amides is 1. The summed E-state index contributed by atoms with van der Waals surface area (Å²) in [5, 5.41) is 2.80. The Hall–Kier alpha value is -1.60. The molecule has 134 valence electrons. The molecule has 6 nitrogen and oxygen atoms in total. The van der Waals surface area contributed by atoms with Crippen LogP contribution in [0.1, 0.15) is 38.5 Å². The maximum atomic E-state index is 12.2. The van der Waals surface area contributed by atoms with Crippen molar-refractivity contribution in [2.45, 2.75) is 38.5 Å². The zero-order valence-electron chi connectivity index (χ0n) is 14.2. The van der Waals surface area contributed by atoms with E-state index in [0.29, 0.717) is 38.0 Å². The number of unbranched alkanes of at least 4 members (excludes halogenated alkanes) is 1. The van der Waals surface area contributed by atoms with E-state index < -0.39 is 10.0 Å². The molecule has 1 amide bonds. The summed E-state index contributed by atoms with van der Waals surface area (Å²) in [7, 11) is -1.57. The van der Waals surface area contributed by atoms with Crippen LogP contribution in [0.2, 0.25) is 0 Å². The highest BCUT2D eigenvalue weighted by atomic mass is 32.2. The molecule has 0 atom stereocenters. The van der Waals surface area contributed by atoms with Crippen molar-refractivity contribution in [3.63, 3.8) is 0 Å². The number of benzene rings is 1. The van der Waals surface area contributed by atoms with Crippen molar-refractivity contribution in [3.8, 4) is 5.75 Å². The van der Waals surface area contributed by atoms with Crippen LogP contribution < -0.4 is 10.1 Å². The number of hydrogen-bond acceptors (Lipinski definition) is 4. The third-order valence-electron chi connectivity index (χ3n) is 4.14. The van der Waals surface area contributed by atoms with Gasteiger partial charge in [-0.1, -0.05) is 6.42 Å². The third kappa shape index (κ3) is 5.79. The van der Waals surface area contributed by atoms with Gasteiger partial charge in [0.2, 0.25) is 15.9 Å². The van der Waals surface area contributed by atoms with Gasteiger partial charge in [-0.15, -0.1) is 0 Å². The number of piperidine rings is 1. The molecule has 1 aliphatic rings. The molecule has 0 bridgehead atoms. The minimum atomic E-state index is -3.16. The standard InChI is InChI=1S/C17H26N2O4S/c1-23-16-10-8-15(9-11-16)18-17(20)7-3-6-14-24(21,22)19-12-4-2-5-13-19/h8-11H,2-7,12-14H2,1H3,(H,18,20). The van der Waals surface area contributed by atoms with E-state index in [1.165, 1.54) is 0 Å². The van der Waals surface area contributed by atoms with E-state index in [-0.39, 0.29) is 11.7 Å². The Bertz CT molecular complexity index is 622. The van der Waals surface area contributed by atoms with E-state index in [1.807, 2.05) is 0 Å². The number of hydrogen-bond donors (Lipinski definition) is 1. The fourth-order valence-electron chi connectivity index (χ4n) is 2.74. The monoisotopic (exact) mass is 354 g/mol. The summed E-state index contributed by atoms with van der Waals surface area (Å²) in [5.74, 6) is 0.759. The Morgan fingerprint density at radius 1 is 1.12 bits per heavy atom. The van der Waals surface area contributed by atoms with Crippen molar-refractivity contribution in [2.24, 2.45) is 0 Å². The first kappa shape index (κ1) is 18.7. The van der Waals surface area contributed by atoms with Crippen molar-refractivity contribution in [2.75, 3.05) is 31.3 Å². The van der Waals surface area contributed by atoms with Gasteiger partial charge in [-0.3, -0.25) is 4.79 Å². The molecule has 0 aromatic heterocycles. The van der Waals surface area contributed by atoms with Crippen LogP contribution in [0.4, 0.5) is 5.69 Å².